The molecule has 0 spiro atoms. The molecule has 3 aliphatic rings. The van der Waals surface area contributed by atoms with Crippen LogP contribution in [0, 0.1) is 12.8 Å². The summed E-state index contributed by atoms with van der Waals surface area (Å²) in [7, 11) is 0. The molecule has 0 aliphatic carbocycles. The zero-order valence-corrected chi connectivity index (χ0v) is 18.2. The highest BCUT2D eigenvalue weighted by atomic mass is 32.1. The van der Waals surface area contributed by atoms with Gasteiger partial charge in [0, 0.05) is 37.8 Å². The van der Waals surface area contributed by atoms with Crippen LogP contribution in [0.1, 0.15) is 36.5 Å². The first-order valence-electron chi connectivity index (χ1n) is 10.7. The van der Waals surface area contributed by atoms with Gasteiger partial charge in [-0.2, -0.15) is 0 Å². The van der Waals surface area contributed by atoms with Crippen molar-refractivity contribution in [3.8, 4) is 0 Å². The van der Waals surface area contributed by atoms with E-state index < -0.39 is 0 Å². The SMILES string of the molecule is CCC(=O)Nc1scnc1N1CC2CCN(Cc3ccc4c(c3C)NC(=O)C4)C2C1. The number of likely N-dealkylation sites (tertiary alicyclic amines) is 1. The molecule has 2 fully saturated rings. The molecule has 8 heteroatoms. The molecule has 2 N–H and O–H groups in total. The highest BCUT2D eigenvalue weighted by Gasteiger charge is 2.42. The fraction of sp³-hybridized carbons (Fsp3) is 0.500. The van der Waals surface area contributed by atoms with Crippen molar-refractivity contribution >= 4 is 39.7 Å². The topological polar surface area (TPSA) is 77.6 Å². The molecule has 1 aromatic carbocycles. The summed E-state index contributed by atoms with van der Waals surface area (Å²) in [6.07, 6.45) is 2.14. The Balaban J connectivity index is 1.30. The van der Waals surface area contributed by atoms with Crippen LogP contribution in [0.25, 0.3) is 0 Å². The lowest BCUT2D eigenvalue weighted by Crippen LogP contribution is -2.35. The van der Waals surface area contributed by atoms with Crippen LogP contribution >= 0.6 is 11.3 Å². The van der Waals surface area contributed by atoms with Gasteiger partial charge in [0.05, 0.1) is 11.9 Å². The first kappa shape index (κ1) is 19.5. The number of nitrogens with zero attached hydrogens (tertiary/aromatic N) is 3. The minimum Gasteiger partial charge on any atom is -0.352 e. The number of hydrogen-bond acceptors (Lipinski definition) is 6. The number of carbonyl (C=O) groups excluding carboxylic acids is 2. The number of nitrogens with one attached hydrogen (secondary N) is 2. The number of rotatable bonds is 5. The van der Waals surface area contributed by atoms with Crippen molar-refractivity contribution < 1.29 is 9.59 Å². The van der Waals surface area contributed by atoms with Gasteiger partial charge in [-0.1, -0.05) is 19.1 Å². The van der Waals surface area contributed by atoms with Crippen LogP contribution in [0.2, 0.25) is 0 Å². The molecule has 0 radical (unpaired) electrons. The smallest absolute Gasteiger partial charge is 0.228 e. The lowest BCUT2D eigenvalue weighted by molar-refractivity contribution is -0.116. The molecule has 2 aromatic rings. The summed E-state index contributed by atoms with van der Waals surface area (Å²) in [6, 6.07) is 4.78. The van der Waals surface area contributed by atoms with Gasteiger partial charge in [0.2, 0.25) is 11.8 Å². The maximum Gasteiger partial charge on any atom is 0.228 e. The molecule has 4 heterocycles. The summed E-state index contributed by atoms with van der Waals surface area (Å²) in [4.78, 5) is 33.1. The molecular weight excluding hydrogens is 398 g/mol. The van der Waals surface area contributed by atoms with Crippen LogP contribution in [0.5, 0.6) is 0 Å². The Bertz CT molecular complexity index is 1000. The number of fused-ring (bicyclic) bond motifs is 2. The summed E-state index contributed by atoms with van der Waals surface area (Å²) in [5.41, 5.74) is 6.42. The summed E-state index contributed by atoms with van der Waals surface area (Å²) >= 11 is 1.49. The van der Waals surface area contributed by atoms with E-state index in [1.54, 1.807) is 0 Å². The van der Waals surface area contributed by atoms with E-state index in [2.05, 4.69) is 44.5 Å². The number of anilines is 3. The summed E-state index contributed by atoms with van der Waals surface area (Å²) in [5.74, 6) is 1.65. The number of benzene rings is 1. The molecule has 0 bridgehead atoms. The Kier molecular flexibility index (Phi) is 4.99. The van der Waals surface area contributed by atoms with Gasteiger partial charge in [0.15, 0.2) is 5.82 Å². The van der Waals surface area contributed by atoms with Crippen molar-refractivity contribution in [1.29, 1.82) is 0 Å². The first-order valence-corrected chi connectivity index (χ1v) is 11.5. The standard InChI is InChI=1S/C22H27N5O2S/c1-3-18(28)25-22-21(23-12-30-22)27-10-16-6-7-26(17(16)11-27)9-15-5-4-14-8-19(29)24-20(14)13(15)2/h4-5,12,16-17H,3,6-11H2,1-2H3,(H,24,29)(H,25,28). The molecule has 7 nitrogen and oxygen atoms in total. The van der Waals surface area contributed by atoms with Gasteiger partial charge >= 0.3 is 0 Å². The number of hydrogen-bond donors (Lipinski definition) is 2. The minimum absolute atomic E-state index is 0.0284. The monoisotopic (exact) mass is 425 g/mol. The Morgan fingerprint density at radius 3 is 3.07 bits per heavy atom. The normalized spacial score (nSPS) is 22.9. The second-order valence-electron chi connectivity index (χ2n) is 8.51. The number of aromatic nitrogens is 1. The predicted octanol–water partition coefficient (Wildman–Crippen LogP) is 3.01. The lowest BCUT2D eigenvalue weighted by Gasteiger charge is -2.26. The van der Waals surface area contributed by atoms with E-state index in [1.807, 2.05) is 12.4 Å². The average Bonchev–Trinajstić information content (AvgIpc) is 3.48. The largest absolute Gasteiger partial charge is 0.352 e. The highest BCUT2D eigenvalue weighted by Crippen LogP contribution is 2.39. The van der Waals surface area contributed by atoms with Gasteiger partial charge in [-0.05, 0) is 42.5 Å². The minimum atomic E-state index is 0.0284. The van der Waals surface area contributed by atoms with Crippen LogP contribution in [0.3, 0.4) is 0 Å². The van der Waals surface area contributed by atoms with Gasteiger partial charge in [-0.3, -0.25) is 14.5 Å². The van der Waals surface area contributed by atoms with Gasteiger partial charge in [-0.15, -0.1) is 11.3 Å². The van der Waals surface area contributed by atoms with Crippen LogP contribution in [0.4, 0.5) is 16.5 Å². The molecule has 1 aromatic heterocycles. The quantitative estimate of drug-likeness (QED) is 0.770. The van der Waals surface area contributed by atoms with Gasteiger partial charge < -0.3 is 15.5 Å². The molecule has 5 rings (SSSR count). The first-order chi connectivity index (χ1) is 14.5. The predicted molar refractivity (Wildman–Crippen MR) is 119 cm³/mol. The van der Waals surface area contributed by atoms with Gasteiger partial charge in [0.1, 0.15) is 5.00 Å². The molecular formula is C22H27N5O2S. The van der Waals surface area contributed by atoms with Crippen molar-refractivity contribution in [1.82, 2.24) is 9.88 Å². The molecule has 3 aliphatic heterocycles. The second-order valence-corrected chi connectivity index (χ2v) is 9.36. The van der Waals surface area contributed by atoms with Crippen LogP contribution in [-0.2, 0) is 22.6 Å². The number of amides is 2. The Hall–Kier alpha value is -2.45. The van der Waals surface area contributed by atoms with E-state index in [0.717, 1.165) is 48.2 Å². The Morgan fingerprint density at radius 2 is 2.23 bits per heavy atom. The fourth-order valence-corrected chi connectivity index (χ4v) is 5.78. The van der Waals surface area contributed by atoms with Crippen LogP contribution < -0.4 is 15.5 Å². The van der Waals surface area contributed by atoms with E-state index in [4.69, 9.17) is 0 Å². The van der Waals surface area contributed by atoms with Crippen molar-refractivity contribution in [2.75, 3.05) is 35.2 Å². The fourth-order valence-electron chi connectivity index (χ4n) is 5.06. The van der Waals surface area contributed by atoms with Crippen molar-refractivity contribution in [3.63, 3.8) is 0 Å². The number of thiazole rings is 1. The van der Waals surface area contributed by atoms with Crippen molar-refractivity contribution in [2.45, 2.75) is 45.7 Å². The van der Waals surface area contributed by atoms with E-state index in [1.165, 1.54) is 28.9 Å². The second kappa shape index (κ2) is 7.67. The van der Waals surface area contributed by atoms with E-state index in [9.17, 15) is 9.59 Å². The molecule has 30 heavy (non-hydrogen) atoms. The van der Waals surface area contributed by atoms with Gasteiger partial charge in [-0.25, -0.2) is 4.98 Å². The molecule has 2 saturated heterocycles. The zero-order chi connectivity index (χ0) is 20.8. The molecule has 158 valence electrons. The van der Waals surface area contributed by atoms with Crippen LogP contribution in [-0.4, -0.2) is 47.4 Å². The third kappa shape index (κ3) is 3.37. The van der Waals surface area contributed by atoms with Crippen molar-refractivity contribution in [2.24, 2.45) is 5.92 Å². The molecule has 2 amide bonds. The Morgan fingerprint density at radius 1 is 1.37 bits per heavy atom. The Labute approximate surface area is 180 Å². The van der Waals surface area contributed by atoms with Crippen LogP contribution in [0.15, 0.2) is 17.6 Å². The average molecular weight is 426 g/mol. The lowest BCUT2D eigenvalue weighted by atomic mass is 10.0. The summed E-state index contributed by atoms with van der Waals surface area (Å²) in [5, 5.41) is 6.88. The highest BCUT2D eigenvalue weighted by molar-refractivity contribution is 7.14. The third-order valence-electron chi connectivity index (χ3n) is 6.74. The van der Waals surface area contributed by atoms with E-state index >= 15 is 0 Å². The van der Waals surface area contributed by atoms with E-state index in [-0.39, 0.29) is 11.8 Å². The molecule has 2 atom stereocenters. The maximum atomic E-state index is 11.8. The summed E-state index contributed by atoms with van der Waals surface area (Å²) < 4.78 is 0. The zero-order valence-electron chi connectivity index (χ0n) is 17.4. The number of carbonyl (C=O) groups is 2. The molecule has 0 saturated carbocycles. The summed E-state index contributed by atoms with van der Waals surface area (Å²) in [6.45, 7) is 7.90. The maximum absolute atomic E-state index is 11.8. The third-order valence-corrected chi connectivity index (χ3v) is 7.47. The van der Waals surface area contributed by atoms with Crippen molar-refractivity contribution in [3.05, 3.63) is 34.3 Å². The molecule has 2 unspecified atom stereocenters. The van der Waals surface area contributed by atoms with Gasteiger partial charge in [0.25, 0.3) is 0 Å². The van der Waals surface area contributed by atoms with E-state index in [0.29, 0.717) is 24.8 Å².